The molecule has 1 amide bonds. The molecule has 0 aliphatic carbocycles. The molecule has 1 aliphatic heterocycles. The van der Waals surface area contributed by atoms with E-state index in [0.717, 1.165) is 0 Å². The Morgan fingerprint density at radius 1 is 1.21 bits per heavy atom. The van der Waals surface area contributed by atoms with Gasteiger partial charge in [-0.15, -0.1) is 0 Å². The number of nitrogens with one attached hydrogen (secondary N) is 1. The SMILES string of the molecule is N#Cc1cc(S(=O)(=O)N2CCC(C(=O)Nc3ccc(Cl)cn3)CC2)ccc1Cl. The molecule has 1 aromatic carbocycles. The van der Waals surface area contributed by atoms with Gasteiger partial charge in [0.05, 0.1) is 20.5 Å². The highest BCUT2D eigenvalue weighted by molar-refractivity contribution is 7.89. The van der Waals surface area contributed by atoms with Gasteiger partial charge in [0.1, 0.15) is 11.9 Å². The lowest BCUT2D eigenvalue weighted by molar-refractivity contribution is -0.120. The summed E-state index contributed by atoms with van der Waals surface area (Å²) in [5, 5.41) is 12.4. The minimum atomic E-state index is -3.76. The first-order valence-corrected chi connectivity index (χ1v) is 10.6. The maximum absolute atomic E-state index is 12.8. The monoisotopic (exact) mass is 438 g/mol. The van der Waals surface area contributed by atoms with Crippen molar-refractivity contribution in [3.8, 4) is 6.07 Å². The zero-order valence-electron chi connectivity index (χ0n) is 14.6. The summed E-state index contributed by atoms with van der Waals surface area (Å²) >= 11 is 11.6. The zero-order chi connectivity index (χ0) is 20.3. The molecule has 2 aromatic rings. The maximum Gasteiger partial charge on any atom is 0.243 e. The largest absolute Gasteiger partial charge is 0.310 e. The van der Waals surface area contributed by atoms with E-state index in [1.807, 2.05) is 6.07 Å². The third-order valence-corrected chi connectivity index (χ3v) is 6.95. The number of carbonyl (C=O) groups excluding carboxylic acids is 1. The molecule has 3 rings (SSSR count). The van der Waals surface area contributed by atoms with Crippen LogP contribution in [0, 0.1) is 17.2 Å². The van der Waals surface area contributed by atoms with Crippen molar-refractivity contribution in [2.75, 3.05) is 18.4 Å². The van der Waals surface area contributed by atoms with Crippen LogP contribution in [0.3, 0.4) is 0 Å². The quantitative estimate of drug-likeness (QED) is 0.788. The summed E-state index contributed by atoms with van der Waals surface area (Å²) in [7, 11) is -3.76. The van der Waals surface area contributed by atoms with Crippen molar-refractivity contribution in [2.24, 2.45) is 5.92 Å². The molecular formula is C18H16Cl2N4O3S. The lowest BCUT2D eigenvalue weighted by Gasteiger charge is -2.30. The Kier molecular flexibility index (Phi) is 6.20. The standard InChI is InChI=1S/C18H16Cl2N4O3S/c19-14-1-4-17(22-11-14)23-18(25)12-5-7-24(8-6-12)28(26,27)15-2-3-16(20)13(9-15)10-21/h1-4,9,11-12H,5-8H2,(H,22,23,25). The Balaban J connectivity index is 1.65. The molecule has 7 nitrogen and oxygen atoms in total. The molecule has 146 valence electrons. The van der Waals surface area contributed by atoms with Crippen LogP contribution < -0.4 is 5.32 Å². The summed E-state index contributed by atoms with van der Waals surface area (Å²) in [6.45, 7) is 0.415. The van der Waals surface area contributed by atoms with Crippen molar-refractivity contribution in [2.45, 2.75) is 17.7 Å². The number of hydrogen-bond donors (Lipinski definition) is 1. The number of piperidine rings is 1. The van der Waals surface area contributed by atoms with Crippen molar-refractivity contribution in [1.82, 2.24) is 9.29 Å². The summed E-state index contributed by atoms with van der Waals surface area (Å²) in [5.41, 5.74) is 0.104. The zero-order valence-corrected chi connectivity index (χ0v) is 16.9. The number of hydrogen-bond acceptors (Lipinski definition) is 5. The van der Waals surface area contributed by atoms with Crippen molar-refractivity contribution in [1.29, 1.82) is 5.26 Å². The maximum atomic E-state index is 12.8. The van der Waals surface area contributed by atoms with Crippen molar-refractivity contribution < 1.29 is 13.2 Å². The van der Waals surface area contributed by atoms with E-state index in [0.29, 0.717) is 23.7 Å². The first-order valence-electron chi connectivity index (χ1n) is 8.43. The average Bonchev–Trinajstić information content (AvgIpc) is 2.70. The fourth-order valence-corrected chi connectivity index (χ4v) is 4.70. The molecule has 0 spiro atoms. The smallest absolute Gasteiger partial charge is 0.243 e. The van der Waals surface area contributed by atoms with Crippen LogP contribution in [0.5, 0.6) is 0 Å². The number of carbonyl (C=O) groups is 1. The van der Waals surface area contributed by atoms with Crippen molar-refractivity contribution >= 4 is 45.0 Å². The topological polar surface area (TPSA) is 103 Å². The van der Waals surface area contributed by atoms with E-state index in [-0.39, 0.29) is 40.4 Å². The first-order chi connectivity index (χ1) is 13.3. The van der Waals surface area contributed by atoms with Gasteiger partial charge in [-0.05, 0) is 43.2 Å². The summed E-state index contributed by atoms with van der Waals surface area (Å²) in [4.78, 5) is 16.4. The summed E-state index contributed by atoms with van der Waals surface area (Å²) in [5.74, 6) is -0.122. The number of amides is 1. The molecule has 1 saturated heterocycles. The van der Waals surface area contributed by atoms with E-state index in [1.165, 1.54) is 28.7 Å². The predicted octanol–water partition coefficient (Wildman–Crippen LogP) is 3.30. The molecule has 1 aliphatic rings. The molecule has 1 N–H and O–H groups in total. The van der Waals surface area contributed by atoms with Crippen molar-refractivity contribution in [3.63, 3.8) is 0 Å². The molecule has 10 heteroatoms. The van der Waals surface area contributed by atoms with E-state index >= 15 is 0 Å². The Bertz CT molecular complexity index is 1030. The lowest BCUT2D eigenvalue weighted by Crippen LogP contribution is -2.41. The van der Waals surface area contributed by atoms with Gasteiger partial charge in [0.2, 0.25) is 15.9 Å². The fourth-order valence-electron chi connectivity index (χ4n) is 2.94. The van der Waals surface area contributed by atoms with Gasteiger partial charge in [-0.3, -0.25) is 4.79 Å². The van der Waals surface area contributed by atoms with Crippen molar-refractivity contribution in [3.05, 3.63) is 52.1 Å². The molecule has 0 bridgehead atoms. The van der Waals surface area contributed by atoms with Gasteiger partial charge in [0, 0.05) is 25.2 Å². The van der Waals surface area contributed by atoms with Gasteiger partial charge < -0.3 is 5.32 Å². The molecule has 0 radical (unpaired) electrons. The highest BCUT2D eigenvalue weighted by Gasteiger charge is 2.32. The van der Waals surface area contributed by atoms with Gasteiger partial charge in [-0.25, -0.2) is 13.4 Å². The van der Waals surface area contributed by atoms with Crippen LogP contribution in [-0.4, -0.2) is 36.7 Å². The van der Waals surface area contributed by atoms with E-state index in [1.54, 1.807) is 12.1 Å². The number of rotatable bonds is 4. The van der Waals surface area contributed by atoms with Crippen LogP contribution >= 0.6 is 23.2 Å². The first kappa shape index (κ1) is 20.6. The second-order valence-corrected chi connectivity index (χ2v) is 9.06. The van der Waals surface area contributed by atoms with E-state index < -0.39 is 10.0 Å². The number of benzene rings is 1. The van der Waals surface area contributed by atoms with Crippen LogP contribution in [0.1, 0.15) is 18.4 Å². The molecule has 0 saturated carbocycles. The fraction of sp³-hybridized carbons (Fsp3) is 0.278. The Labute approximate surface area is 172 Å². The minimum Gasteiger partial charge on any atom is -0.310 e. The van der Waals surface area contributed by atoms with Crippen LogP contribution in [0.25, 0.3) is 0 Å². The van der Waals surface area contributed by atoms with Gasteiger partial charge in [-0.1, -0.05) is 23.2 Å². The van der Waals surface area contributed by atoms with Gasteiger partial charge in [-0.2, -0.15) is 9.57 Å². The van der Waals surface area contributed by atoms with Gasteiger partial charge in [0.25, 0.3) is 0 Å². The number of nitrogens with zero attached hydrogens (tertiary/aromatic N) is 3. The van der Waals surface area contributed by atoms with Crippen LogP contribution in [0.2, 0.25) is 10.0 Å². The molecule has 0 atom stereocenters. The normalized spacial score (nSPS) is 15.8. The van der Waals surface area contributed by atoms with E-state index in [9.17, 15) is 13.2 Å². The number of sulfonamides is 1. The van der Waals surface area contributed by atoms with Gasteiger partial charge in [0.15, 0.2) is 0 Å². The van der Waals surface area contributed by atoms with E-state index in [2.05, 4.69) is 10.3 Å². The average molecular weight is 439 g/mol. The minimum absolute atomic E-state index is 0.0155. The van der Waals surface area contributed by atoms with Crippen LogP contribution in [0.4, 0.5) is 5.82 Å². The molecule has 1 fully saturated rings. The highest BCUT2D eigenvalue weighted by Crippen LogP contribution is 2.27. The number of nitriles is 1. The second kappa shape index (κ2) is 8.45. The number of anilines is 1. The highest BCUT2D eigenvalue weighted by atomic mass is 35.5. The van der Waals surface area contributed by atoms with Crippen LogP contribution in [0.15, 0.2) is 41.4 Å². The summed E-state index contributed by atoms with van der Waals surface area (Å²) in [6.07, 6.45) is 2.21. The summed E-state index contributed by atoms with van der Waals surface area (Å²) < 4.78 is 27.0. The van der Waals surface area contributed by atoms with Crippen LogP contribution in [-0.2, 0) is 14.8 Å². The Morgan fingerprint density at radius 3 is 2.54 bits per heavy atom. The van der Waals surface area contributed by atoms with Gasteiger partial charge >= 0.3 is 0 Å². The number of halogens is 2. The molecular weight excluding hydrogens is 423 g/mol. The lowest BCUT2D eigenvalue weighted by atomic mass is 9.97. The molecule has 28 heavy (non-hydrogen) atoms. The molecule has 0 unspecified atom stereocenters. The second-order valence-electron chi connectivity index (χ2n) is 6.28. The Hall–Kier alpha value is -2.18. The number of pyridine rings is 1. The Morgan fingerprint density at radius 2 is 1.93 bits per heavy atom. The predicted molar refractivity (Wildman–Crippen MR) is 106 cm³/mol. The molecule has 1 aromatic heterocycles. The van der Waals surface area contributed by atoms with E-state index in [4.69, 9.17) is 28.5 Å². The third-order valence-electron chi connectivity index (χ3n) is 4.50. The summed E-state index contributed by atoms with van der Waals surface area (Å²) in [6, 6.07) is 9.15. The molecule has 2 heterocycles. The number of aromatic nitrogens is 1. The third kappa shape index (κ3) is 4.45.